The number of esters is 1. The minimum atomic E-state index is -2.45. The fourth-order valence-electron chi connectivity index (χ4n) is 4.44. The molecule has 0 bridgehead atoms. The van der Waals surface area contributed by atoms with Crippen molar-refractivity contribution in [3.8, 4) is 0 Å². The van der Waals surface area contributed by atoms with E-state index in [9.17, 15) is 19.2 Å². The zero-order valence-corrected chi connectivity index (χ0v) is 29.2. The van der Waals surface area contributed by atoms with Gasteiger partial charge < -0.3 is 18.8 Å². The fourth-order valence-corrected chi connectivity index (χ4v) is 6.93. The summed E-state index contributed by atoms with van der Waals surface area (Å²) in [6.07, 6.45) is -1.11. The van der Waals surface area contributed by atoms with Crippen LogP contribution in [0.1, 0.15) is 78.2 Å². The average Bonchev–Trinajstić information content (AvgIpc) is 2.84. The minimum Gasteiger partial charge on any atom is -0.443 e. The summed E-state index contributed by atoms with van der Waals surface area (Å²) in [7, 11) is -2.45. The van der Waals surface area contributed by atoms with Crippen molar-refractivity contribution in [3.63, 3.8) is 0 Å². The summed E-state index contributed by atoms with van der Waals surface area (Å²) in [6, 6.07) is 9.67. The van der Waals surface area contributed by atoms with Crippen LogP contribution in [0.5, 0.6) is 0 Å². The Labute approximate surface area is 266 Å². The van der Waals surface area contributed by atoms with E-state index >= 15 is 0 Å². The van der Waals surface area contributed by atoms with Crippen molar-refractivity contribution in [3.05, 3.63) is 58.7 Å². The topological polar surface area (TPSA) is 115 Å². The summed E-state index contributed by atoms with van der Waals surface area (Å²) in [5.74, 6) is -1.43. The van der Waals surface area contributed by atoms with Crippen LogP contribution in [0.4, 0.5) is 15.4 Å². The summed E-state index contributed by atoms with van der Waals surface area (Å²) in [6.45, 7) is 20.5. The van der Waals surface area contributed by atoms with E-state index in [1.807, 2.05) is 0 Å². The van der Waals surface area contributed by atoms with Crippen LogP contribution in [0, 0.1) is 5.92 Å². The smallest absolute Gasteiger partial charge is 0.425 e. The predicted octanol–water partition coefficient (Wildman–Crippen LogP) is 7.60. The van der Waals surface area contributed by atoms with Crippen molar-refractivity contribution in [1.29, 1.82) is 0 Å². The average molecular weight is 646 g/mol. The van der Waals surface area contributed by atoms with Crippen molar-refractivity contribution in [2.75, 3.05) is 4.90 Å². The highest BCUT2D eigenvalue weighted by molar-refractivity contribution is 6.80. The highest BCUT2D eigenvalue weighted by atomic mass is 35.5. The van der Waals surface area contributed by atoms with Gasteiger partial charge in [-0.25, -0.2) is 19.4 Å². The molecule has 1 aliphatic heterocycles. The molecule has 1 aromatic carbocycles. The van der Waals surface area contributed by atoms with E-state index in [-0.39, 0.29) is 28.7 Å². The second kappa shape index (κ2) is 12.5. The molecule has 2 aromatic rings. The largest absolute Gasteiger partial charge is 0.443 e. The molecule has 2 atom stereocenters. The third kappa shape index (κ3) is 8.18. The molecule has 44 heavy (non-hydrogen) atoms. The third-order valence-electron chi connectivity index (χ3n) is 7.53. The van der Waals surface area contributed by atoms with E-state index in [1.54, 1.807) is 70.4 Å². The van der Waals surface area contributed by atoms with E-state index < -0.39 is 49.7 Å². The number of carbonyl (C=O) groups excluding carboxylic acids is 4. The first-order valence-corrected chi connectivity index (χ1v) is 17.8. The standard InChI is InChI=1S/C32H44ClN3O7Si/c1-30(2,3)42-28(39)35(29(40)43-31(4,5)6)24-18-20(15-16-34-24)17-23-25(37)36(44(10,11)32(7,8)9)26(23)41-27(38)21-13-12-14-22(33)19-21/h12-16,18-19,23,26H,17H2,1-11H3/t23?,26-/m1/s1. The number of β-lactam (4-membered cyclic amide) rings is 1. The zero-order chi connectivity index (χ0) is 33.4. The van der Waals surface area contributed by atoms with Crippen molar-refractivity contribution in [2.45, 2.75) is 104 Å². The maximum absolute atomic E-state index is 13.8. The van der Waals surface area contributed by atoms with E-state index in [0.717, 1.165) is 4.90 Å². The van der Waals surface area contributed by atoms with Gasteiger partial charge in [0.05, 0.1) is 11.5 Å². The number of anilines is 1. The fraction of sp³-hybridized carbons (Fsp3) is 0.531. The number of hydrogen-bond acceptors (Lipinski definition) is 8. The number of carbonyl (C=O) groups is 4. The van der Waals surface area contributed by atoms with Crippen LogP contribution in [0.2, 0.25) is 23.2 Å². The second-order valence-electron chi connectivity index (χ2n) is 14.5. The van der Waals surface area contributed by atoms with Crippen LogP contribution in [0.25, 0.3) is 0 Å². The van der Waals surface area contributed by atoms with E-state index in [2.05, 4.69) is 38.8 Å². The highest BCUT2D eigenvalue weighted by Gasteiger charge is 2.59. The van der Waals surface area contributed by atoms with Crippen LogP contribution < -0.4 is 4.90 Å². The van der Waals surface area contributed by atoms with Gasteiger partial charge in [-0.05, 0) is 88.9 Å². The third-order valence-corrected chi connectivity index (χ3v) is 13.1. The summed E-state index contributed by atoms with van der Waals surface area (Å²) in [4.78, 5) is 58.3. The highest BCUT2D eigenvalue weighted by Crippen LogP contribution is 2.46. The van der Waals surface area contributed by atoms with Gasteiger partial charge in [0.25, 0.3) is 0 Å². The lowest BCUT2D eigenvalue weighted by Gasteiger charge is -2.57. The first-order valence-electron chi connectivity index (χ1n) is 14.5. The number of amides is 3. The van der Waals surface area contributed by atoms with Gasteiger partial charge in [-0.1, -0.05) is 51.5 Å². The molecule has 3 rings (SSSR count). The summed E-state index contributed by atoms with van der Waals surface area (Å²) < 4.78 is 18.7. The number of nitrogens with zero attached hydrogens (tertiary/aromatic N) is 3. The second-order valence-corrected chi connectivity index (χ2v) is 20.0. The monoisotopic (exact) mass is 645 g/mol. The Balaban J connectivity index is 1.97. The van der Waals surface area contributed by atoms with Crippen LogP contribution in [0.3, 0.4) is 0 Å². The van der Waals surface area contributed by atoms with E-state index in [0.29, 0.717) is 10.6 Å². The number of rotatable bonds is 6. The molecule has 10 nitrogen and oxygen atoms in total. The Kier molecular flexibility index (Phi) is 9.96. The van der Waals surface area contributed by atoms with Gasteiger partial charge in [0.2, 0.25) is 5.91 Å². The van der Waals surface area contributed by atoms with Gasteiger partial charge in [-0.15, -0.1) is 0 Å². The van der Waals surface area contributed by atoms with Crippen molar-refractivity contribution in [2.24, 2.45) is 5.92 Å². The van der Waals surface area contributed by atoms with Crippen LogP contribution in [0.15, 0.2) is 42.6 Å². The normalized spacial score (nSPS) is 17.5. The number of pyridine rings is 1. The van der Waals surface area contributed by atoms with Gasteiger partial charge in [0.15, 0.2) is 14.5 Å². The number of benzene rings is 1. The molecule has 0 N–H and O–H groups in total. The Hall–Kier alpha value is -3.44. The van der Waals surface area contributed by atoms with E-state index in [1.165, 1.54) is 18.3 Å². The minimum absolute atomic E-state index is 0.0218. The Bertz CT molecular complexity index is 1400. The molecular weight excluding hydrogens is 602 g/mol. The summed E-state index contributed by atoms with van der Waals surface area (Å²) >= 11 is 6.11. The molecule has 1 unspecified atom stereocenters. The summed E-state index contributed by atoms with van der Waals surface area (Å²) in [5.41, 5.74) is -0.896. The van der Waals surface area contributed by atoms with Gasteiger partial charge in [-0.2, -0.15) is 4.90 Å². The number of hydrogen-bond donors (Lipinski definition) is 0. The molecule has 0 spiro atoms. The van der Waals surface area contributed by atoms with Gasteiger partial charge in [-0.3, -0.25) is 4.79 Å². The van der Waals surface area contributed by atoms with Gasteiger partial charge in [0, 0.05) is 11.2 Å². The molecule has 12 heteroatoms. The first kappa shape index (κ1) is 35.0. The number of ether oxygens (including phenoxy) is 3. The molecule has 0 saturated carbocycles. The number of halogens is 1. The Morgan fingerprint density at radius 2 is 1.50 bits per heavy atom. The maximum Gasteiger partial charge on any atom is 0.425 e. The lowest BCUT2D eigenvalue weighted by atomic mass is 9.91. The Morgan fingerprint density at radius 3 is 2.00 bits per heavy atom. The quantitative estimate of drug-likeness (QED) is 0.136. The molecule has 1 fully saturated rings. The molecule has 1 aliphatic rings. The van der Waals surface area contributed by atoms with Crippen molar-refractivity contribution in [1.82, 2.24) is 9.55 Å². The first-order chi connectivity index (χ1) is 20.0. The van der Waals surface area contributed by atoms with Crippen LogP contribution in [-0.2, 0) is 25.4 Å². The molecular formula is C32H44ClN3O7Si. The number of imide groups is 1. The maximum atomic E-state index is 13.8. The lowest BCUT2D eigenvalue weighted by Crippen LogP contribution is -2.74. The molecule has 1 aromatic heterocycles. The molecule has 240 valence electrons. The molecule has 0 radical (unpaired) electrons. The van der Waals surface area contributed by atoms with Crippen molar-refractivity contribution >= 4 is 49.7 Å². The van der Waals surface area contributed by atoms with Crippen molar-refractivity contribution < 1.29 is 33.4 Å². The Morgan fingerprint density at radius 1 is 0.932 bits per heavy atom. The SMILES string of the molecule is CC(C)(C)OC(=O)N(C(=O)OC(C)(C)C)c1cc(CC2C(=O)N([Si](C)(C)C(C)(C)C)[C@@H]2OC(=O)c2cccc(Cl)c2)ccn1. The molecule has 0 aliphatic carbocycles. The lowest BCUT2D eigenvalue weighted by molar-refractivity contribution is -0.168. The molecule has 3 amide bonds. The molecule has 1 saturated heterocycles. The zero-order valence-electron chi connectivity index (χ0n) is 27.5. The van der Waals surface area contributed by atoms with Crippen LogP contribution >= 0.6 is 11.6 Å². The summed E-state index contributed by atoms with van der Waals surface area (Å²) in [5, 5.41) is 0.185. The van der Waals surface area contributed by atoms with Gasteiger partial charge in [0.1, 0.15) is 17.0 Å². The number of aromatic nitrogens is 1. The van der Waals surface area contributed by atoms with Crippen LogP contribution in [-0.4, -0.2) is 59.3 Å². The molecule has 2 heterocycles. The van der Waals surface area contributed by atoms with Gasteiger partial charge >= 0.3 is 18.2 Å². The van der Waals surface area contributed by atoms with E-state index in [4.69, 9.17) is 25.8 Å². The predicted molar refractivity (Wildman–Crippen MR) is 171 cm³/mol.